The molecule has 3 rings (SSSR count). The molecular weight excluding hydrogens is 324 g/mol. The summed E-state index contributed by atoms with van der Waals surface area (Å²) in [5, 5.41) is 2.65. The van der Waals surface area contributed by atoms with E-state index in [1.807, 2.05) is 0 Å². The molecular formula is C15H11F2N3O2S. The van der Waals surface area contributed by atoms with E-state index >= 15 is 0 Å². The lowest BCUT2D eigenvalue weighted by molar-refractivity contribution is -0.113. The number of nitrogens with one attached hydrogen (secondary N) is 3. The second-order valence-electron chi connectivity index (χ2n) is 4.75. The molecule has 3 aromatic rings. The molecule has 0 saturated carbocycles. The monoisotopic (exact) mass is 335 g/mol. The van der Waals surface area contributed by atoms with Gasteiger partial charge in [-0.25, -0.2) is 13.6 Å². The van der Waals surface area contributed by atoms with Gasteiger partial charge in [-0.3, -0.25) is 4.79 Å². The van der Waals surface area contributed by atoms with Crippen molar-refractivity contribution in [1.82, 2.24) is 9.97 Å². The predicted molar refractivity (Wildman–Crippen MR) is 84.6 cm³/mol. The van der Waals surface area contributed by atoms with Crippen molar-refractivity contribution in [2.75, 3.05) is 11.1 Å². The number of hydrogen-bond acceptors (Lipinski definition) is 3. The van der Waals surface area contributed by atoms with Crippen molar-refractivity contribution < 1.29 is 13.6 Å². The van der Waals surface area contributed by atoms with Crippen molar-refractivity contribution in [2.45, 2.75) is 4.90 Å². The second-order valence-corrected chi connectivity index (χ2v) is 5.77. The topological polar surface area (TPSA) is 77.8 Å². The van der Waals surface area contributed by atoms with Crippen LogP contribution in [0.3, 0.4) is 0 Å². The Morgan fingerprint density at radius 2 is 1.87 bits per heavy atom. The molecule has 0 aliphatic carbocycles. The third-order valence-electron chi connectivity index (χ3n) is 3.05. The maximum atomic E-state index is 13.5. The normalized spacial score (nSPS) is 10.9. The molecule has 23 heavy (non-hydrogen) atoms. The van der Waals surface area contributed by atoms with Crippen molar-refractivity contribution >= 4 is 34.4 Å². The van der Waals surface area contributed by atoms with Gasteiger partial charge in [-0.1, -0.05) is 0 Å². The van der Waals surface area contributed by atoms with E-state index in [2.05, 4.69) is 15.3 Å². The summed E-state index contributed by atoms with van der Waals surface area (Å²) in [4.78, 5) is 28.5. The number of rotatable bonds is 4. The Balaban J connectivity index is 1.64. The number of thioether (sulfide) groups is 1. The lowest BCUT2D eigenvalue weighted by atomic mass is 10.3. The van der Waals surface area contributed by atoms with Gasteiger partial charge in [0.05, 0.1) is 16.8 Å². The lowest BCUT2D eigenvalue weighted by Crippen LogP contribution is -2.14. The van der Waals surface area contributed by atoms with Crippen LogP contribution in [-0.4, -0.2) is 21.6 Å². The first kappa shape index (κ1) is 15.3. The smallest absolute Gasteiger partial charge is 0.323 e. The van der Waals surface area contributed by atoms with Crippen LogP contribution < -0.4 is 11.0 Å². The highest BCUT2D eigenvalue weighted by molar-refractivity contribution is 8.00. The molecule has 5 nitrogen and oxygen atoms in total. The van der Waals surface area contributed by atoms with E-state index in [1.165, 1.54) is 6.07 Å². The minimum atomic E-state index is -0.700. The highest BCUT2D eigenvalue weighted by Crippen LogP contribution is 2.22. The Kier molecular flexibility index (Phi) is 4.16. The van der Waals surface area contributed by atoms with Crippen LogP contribution in [0.25, 0.3) is 11.0 Å². The van der Waals surface area contributed by atoms with Gasteiger partial charge in [0.2, 0.25) is 5.91 Å². The first-order chi connectivity index (χ1) is 11.0. The maximum Gasteiger partial charge on any atom is 0.323 e. The van der Waals surface area contributed by atoms with Gasteiger partial charge in [0.25, 0.3) is 0 Å². The molecule has 0 aliphatic rings. The number of halogens is 2. The number of imidazole rings is 1. The molecule has 1 heterocycles. The van der Waals surface area contributed by atoms with Crippen LogP contribution >= 0.6 is 11.8 Å². The molecule has 3 N–H and O–H groups in total. The number of hydrogen-bond donors (Lipinski definition) is 3. The fourth-order valence-corrected chi connectivity index (χ4v) is 2.76. The van der Waals surface area contributed by atoms with Crippen LogP contribution in [0, 0.1) is 11.6 Å². The average Bonchev–Trinajstić information content (AvgIpc) is 2.85. The van der Waals surface area contributed by atoms with E-state index in [4.69, 9.17) is 0 Å². The molecule has 0 aliphatic heterocycles. The van der Waals surface area contributed by atoms with Gasteiger partial charge >= 0.3 is 5.69 Å². The van der Waals surface area contributed by atoms with E-state index in [9.17, 15) is 18.4 Å². The van der Waals surface area contributed by atoms with E-state index in [0.29, 0.717) is 16.7 Å². The van der Waals surface area contributed by atoms with Crippen LogP contribution in [0.2, 0.25) is 0 Å². The highest BCUT2D eigenvalue weighted by Gasteiger charge is 2.09. The van der Waals surface area contributed by atoms with Crippen LogP contribution in [0.5, 0.6) is 0 Å². The lowest BCUT2D eigenvalue weighted by Gasteiger charge is -2.06. The Morgan fingerprint density at radius 3 is 2.65 bits per heavy atom. The molecule has 0 spiro atoms. The number of fused-ring (bicyclic) bond motifs is 1. The Bertz CT molecular complexity index is 936. The Morgan fingerprint density at radius 1 is 1.09 bits per heavy atom. The number of benzene rings is 2. The van der Waals surface area contributed by atoms with Crippen molar-refractivity contribution in [1.29, 1.82) is 0 Å². The zero-order valence-electron chi connectivity index (χ0n) is 11.7. The maximum absolute atomic E-state index is 13.5. The number of aromatic amines is 2. The minimum Gasteiger partial charge on any atom is -0.325 e. The van der Waals surface area contributed by atoms with Crippen molar-refractivity contribution in [3.8, 4) is 0 Å². The number of anilines is 1. The van der Waals surface area contributed by atoms with Gasteiger partial charge in [0.15, 0.2) is 0 Å². The highest BCUT2D eigenvalue weighted by atomic mass is 32.2. The summed E-state index contributed by atoms with van der Waals surface area (Å²) in [5.41, 5.74) is 1.39. The quantitative estimate of drug-likeness (QED) is 0.642. The zero-order valence-corrected chi connectivity index (χ0v) is 12.5. The SMILES string of the molecule is O=C(CSc1ccc(F)cc1F)Nc1ccc2[nH]c(=O)[nH]c2c1. The van der Waals surface area contributed by atoms with Crippen molar-refractivity contribution in [2.24, 2.45) is 0 Å². The molecule has 0 atom stereocenters. The summed E-state index contributed by atoms with van der Waals surface area (Å²) in [7, 11) is 0. The fraction of sp³-hybridized carbons (Fsp3) is 0.0667. The molecule has 0 saturated heterocycles. The first-order valence-corrected chi connectivity index (χ1v) is 7.59. The van der Waals surface area contributed by atoms with Crippen LogP contribution in [0.15, 0.2) is 46.1 Å². The summed E-state index contributed by atoms with van der Waals surface area (Å²) < 4.78 is 26.3. The Labute approximate surface area is 133 Å². The van der Waals surface area contributed by atoms with Crippen LogP contribution in [0.1, 0.15) is 0 Å². The average molecular weight is 335 g/mol. The first-order valence-electron chi connectivity index (χ1n) is 6.61. The number of carbonyl (C=O) groups excluding carboxylic acids is 1. The minimum absolute atomic E-state index is 0.0236. The van der Waals surface area contributed by atoms with Gasteiger partial charge in [-0.2, -0.15) is 0 Å². The van der Waals surface area contributed by atoms with E-state index in [1.54, 1.807) is 18.2 Å². The van der Waals surface area contributed by atoms with E-state index in [0.717, 1.165) is 23.9 Å². The summed E-state index contributed by atoms with van der Waals surface area (Å²) in [6, 6.07) is 8.13. The van der Waals surface area contributed by atoms with Crippen molar-refractivity contribution in [3.63, 3.8) is 0 Å². The van der Waals surface area contributed by atoms with Crippen LogP contribution in [0.4, 0.5) is 14.5 Å². The molecule has 8 heteroatoms. The summed E-state index contributed by atoms with van der Waals surface area (Å²) in [5.74, 6) is -1.72. The molecule has 118 valence electrons. The Hall–Kier alpha value is -2.61. The van der Waals surface area contributed by atoms with E-state index < -0.39 is 11.6 Å². The standard InChI is InChI=1S/C15H11F2N3O2S/c16-8-1-4-13(10(17)5-8)23-7-14(21)18-9-2-3-11-12(6-9)20-15(22)19-11/h1-6H,7H2,(H,18,21)(H2,19,20,22). The van der Waals surface area contributed by atoms with Gasteiger partial charge < -0.3 is 15.3 Å². The number of amides is 1. The third-order valence-corrected chi connectivity index (χ3v) is 4.10. The molecule has 2 aromatic carbocycles. The number of carbonyl (C=O) groups is 1. The van der Waals surface area contributed by atoms with Gasteiger partial charge in [0, 0.05) is 16.6 Å². The molecule has 0 fully saturated rings. The molecule has 0 unspecified atom stereocenters. The van der Waals surface area contributed by atoms with Crippen molar-refractivity contribution in [3.05, 3.63) is 58.5 Å². The van der Waals surface area contributed by atoms with Gasteiger partial charge in [-0.05, 0) is 30.3 Å². The fourth-order valence-electron chi connectivity index (χ4n) is 2.04. The van der Waals surface area contributed by atoms with Crippen LogP contribution in [-0.2, 0) is 4.79 Å². The van der Waals surface area contributed by atoms with Gasteiger partial charge in [0.1, 0.15) is 11.6 Å². The predicted octanol–water partition coefficient (Wildman–Crippen LogP) is 2.87. The summed E-state index contributed by atoms with van der Waals surface area (Å²) in [6.07, 6.45) is 0. The summed E-state index contributed by atoms with van der Waals surface area (Å²) >= 11 is 0.973. The van der Waals surface area contributed by atoms with Gasteiger partial charge in [-0.15, -0.1) is 11.8 Å². The second kappa shape index (κ2) is 6.25. The van der Waals surface area contributed by atoms with E-state index in [-0.39, 0.29) is 22.2 Å². The molecule has 0 radical (unpaired) electrons. The number of H-pyrrole nitrogens is 2. The zero-order chi connectivity index (χ0) is 16.4. The molecule has 1 amide bonds. The third kappa shape index (κ3) is 3.59. The molecule has 1 aromatic heterocycles. The number of aromatic nitrogens is 2. The molecule has 0 bridgehead atoms. The summed E-state index contributed by atoms with van der Waals surface area (Å²) in [6.45, 7) is 0. The largest absolute Gasteiger partial charge is 0.325 e.